The second-order valence-electron chi connectivity index (χ2n) is 5.05. The molecule has 0 bridgehead atoms. The van der Waals surface area contributed by atoms with Gasteiger partial charge in [-0.05, 0) is 31.6 Å². The molecule has 1 fully saturated rings. The number of aliphatic carboxylic acids is 1. The lowest BCUT2D eigenvalue weighted by Crippen LogP contribution is -2.51. The zero-order chi connectivity index (χ0) is 13.7. The third-order valence-electron chi connectivity index (χ3n) is 3.63. The Morgan fingerprint density at radius 2 is 1.89 bits per heavy atom. The van der Waals surface area contributed by atoms with Crippen LogP contribution in [0.5, 0.6) is 0 Å². The summed E-state index contributed by atoms with van der Waals surface area (Å²) in [4.78, 5) is 24.1. The lowest BCUT2D eigenvalue weighted by atomic mass is 9.87. The number of aliphatic hydroxyl groups excluding tert-OH is 1. The summed E-state index contributed by atoms with van der Waals surface area (Å²) in [6.45, 7) is 1.60. The van der Waals surface area contributed by atoms with Crippen molar-refractivity contribution in [3.8, 4) is 0 Å². The van der Waals surface area contributed by atoms with Crippen molar-refractivity contribution < 1.29 is 19.8 Å². The highest BCUT2D eigenvalue weighted by atomic mass is 16.4. The highest BCUT2D eigenvalue weighted by Gasteiger charge is 2.27. The van der Waals surface area contributed by atoms with Gasteiger partial charge in [-0.25, -0.2) is 9.59 Å². The zero-order valence-corrected chi connectivity index (χ0v) is 10.9. The van der Waals surface area contributed by atoms with Crippen LogP contribution < -0.4 is 5.32 Å². The van der Waals surface area contributed by atoms with Gasteiger partial charge < -0.3 is 20.4 Å². The third kappa shape index (κ3) is 3.87. The molecule has 0 spiro atoms. The second kappa shape index (κ2) is 6.58. The SMILES string of the molecule is CC1CCC(N(C)C(=O)N[C@H](CO)C(=O)O)CC1. The average molecular weight is 258 g/mol. The molecule has 1 aliphatic rings. The van der Waals surface area contributed by atoms with E-state index in [1.807, 2.05) is 0 Å². The number of carbonyl (C=O) groups is 2. The number of nitrogens with one attached hydrogen (secondary N) is 1. The summed E-state index contributed by atoms with van der Waals surface area (Å²) in [5.41, 5.74) is 0. The predicted molar refractivity (Wildman–Crippen MR) is 66.2 cm³/mol. The van der Waals surface area contributed by atoms with E-state index >= 15 is 0 Å². The summed E-state index contributed by atoms with van der Waals surface area (Å²) in [6, 6.07) is -1.51. The van der Waals surface area contributed by atoms with Crippen LogP contribution >= 0.6 is 0 Å². The molecule has 3 N–H and O–H groups in total. The molecule has 1 saturated carbocycles. The molecule has 1 aliphatic carbocycles. The number of carbonyl (C=O) groups excluding carboxylic acids is 1. The van der Waals surface area contributed by atoms with Crippen LogP contribution in [0.2, 0.25) is 0 Å². The summed E-state index contributed by atoms with van der Waals surface area (Å²) in [5.74, 6) is -0.529. The van der Waals surface area contributed by atoms with Crippen molar-refractivity contribution >= 4 is 12.0 Å². The van der Waals surface area contributed by atoms with Gasteiger partial charge in [0.1, 0.15) is 0 Å². The van der Waals surface area contributed by atoms with Gasteiger partial charge in [0, 0.05) is 13.1 Å². The van der Waals surface area contributed by atoms with Gasteiger partial charge in [0.05, 0.1) is 6.61 Å². The Bertz CT molecular complexity index is 300. The van der Waals surface area contributed by atoms with Crippen molar-refractivity contribution in [1.82, 2.24) is 10.2 Å². The predicted octanol–water partition coefficient (Wildman–Crippen LogP) is 0.652. The van der Waals surface area contributed by atoms with E-state index in [-0.39, 0.29) is 6.04 Å². The maximum absolute atomic E-state index is 11.8. The Morgan fingerprint density at radius 1 is 1.33 bits per heavy atom. The van der Waals surface area contributed by atoms with Crippen molar-refractivity contribution in [2.45, 2.75) is 44.7 Å². The number of aliphatic hydroxyl groups is 1. The first-order valence-corrected chi connectivity index (χ1v) is 6.32. The van der Waals surface area contributed by atoms with Crippen LogP contribution in [0.4, 0.5) is 4.79 Å². The van der Waals surface area contributed by atoms with Crippen molar-refractivity contribution in [3.05, 3.63) is 0 Å². The van der Waals surface area contributed by atoms with Crippen LogP contribution in [-0.2, 0) is 4.79 Å². The fourth-order valence-corrected chi connectivity index (χ4v) is 2.23. The first-order chi connectivity index (χ1) is 8.45. The van der Waals surface area contributed by atoms with Gasteiger partial charge in [-0.3, -0.25) is 0 Å². The van der Waals surface area contributed by atoms with Gasteiger partial charge >= 0.3 is 12.0 Å². The van der Waals surface area contributed by atoms with Crippen LogP contribution in [0.1, 0.15) is 32.6 Å². The molecule has 0 aromatic heterocycles. The van der Waals surface area contributed by atoms with E-state index in [0.717, 1.165) is 25.7 Å². The molecule has 1 rings (SSSR count). The topological polar surface area (TPSA) is 89.9 Å². The lowest BCUT2D eigenvalue weighted by Gasteiger charge is -2.34. The fourth-order valence-electron chi connectivity index (χ4n) is 2.23. The van der Waals surface area contributed by atoms with Crippen molar-refractivity contribution in [3.63, 3.8) is 0 Å². The number of nitrogens with zero attached hydrogens (tertiary/aromatic N) is 1. The Labute approximate surface area is 107 Å². The number of hydrogen-bond acceptors (Lipinski definition) is 3. The molecule has 104 valence electrons. The lowest BCUT2D eigenvalue weighted by molar-refractivity contribution is -0.140. The molecule has 6 heteroatoms. The largest absolute Gasteiger partial charge is 0.480 e. The van der Waals surface area contributed by atoms with Crippen LogP contribution in [0.3, 0.4) is 0 Å². The fraction of sp³-hybridized carbons (Fsp3) is 0.833. The van der Waals surface area contributed by atoms with E-state index in [4.69, 9.17) is 10.2 Å². The monoisotopic (exact) mass is 258 g/mol. The quantitative estimate of drug-likeness (QED) is 0.690. The molecule has 0 aromatic carbocycles. The number of carboxylic acid groups (broad SMARTS) is 1. The number of urea groups is 1. The Morgan fingerprint density at radius 3 is 2.33 bits per heavy atom. The molecule has 0 heterocycles. The highest BCUT2D eigenvalue weighted by Crippen LogP contribution is 2.26. The van der Waals surface area contributed by atoms with Gasteiger partial charge in [0.15, 0.2) is 6.04 Å². The first-order valence-electron chi connectivity index (χ1n) is 6.32. The number of hydrogen-bond donors (Lipinski definition) is 3. The van der Waals surface area contributed by atoms with Gasteiger partial charge in [-0.1, -0.05) is 6.92 Å². The van der Waals surface area contributed by atoms with Crippen LogP contribution in [-0.4, -0.2) is 52.9 Å². The van der Waals surface area contributed by atoms with E-state index in [0.29, 0.717) is 5.92 Å². The highest BCUT2D eigenvalue weighted by molar-refractivity contribution is 5.82. The van der Waals surface area contributed by atoms with E-state index < -0.39 is 24.6 Å². The minimum atomic E-state index is -1.23. The van der Waals surface area contributed by atoms with E-state index in [1.54, 1.807) is 11.9 Å². The summed E-state index contributed by atoms with van der Waals surface area (Å²) < 4.78 is 0. The normalized spacial score (nSPS) is 25.3. The standard InChI is InChI=1S/C12H22N2O4/c1-8-3-5-9(6-4-8)14(2)12(18)13-10(7-15)11(16)17/h8-10,15H,3-7H2,1-2H3,(H,13,18)(H,16,17)/t8?,9?,10-/m1/s1. The molecule has 0 aliphatic heterocycles. The van der Waals surface area contributed by atoms with Crippen LogP contribution in [0.15, 0.2) is 0 Å². The smallest absolute Gasteiger partial charge is 0.328 e. The molecule has 0 aromatic rings. The molecule has 0 unspecified atom stereocenters. The molecule has 0 radical (unpaired) electrons. The first kappa shape index (κ1) is 14.8. The summed E-state index contributed by atoms with van der Waals surface area (Å²) in [7, 11) is 1.67. The maximum atomic E-state index is 11.8. The molecule has 6 nitrogen and oxygen atoms in total. The average Bonchev–Trinajstić information content (AvgIpc) is 2.35. The maximum Gasteiger partial charge on any atom is 0.328 e. The number of rotatable bonds is 4. The number of carboxylic acids is 1. The summed E-state index contributed by atoms with van der Waals surface area (Å²) in [5, 5.41) is 19.9. The molecular formula is C12H22N2O4. The van der Waals surface area contributed by atoms with E-state index in [2.05, 4.69) is 12.2 Å². The van der Waals surface area contributed by atoms with Gasteiger partial charge in [0.25, 0.3) is 0 Å². The Kier molecular flexibility index (Phi) is 5.40. The molecular weight excluding hydrogens is 236 g/mol. The Balaban J connectivity index is 2.48. The second-order valence-corrected chi connectivity index (χ2v) is 5.05. The minimum absolute atomic E-state index is 0.161. The minimum Gasteiger partial charge on any atom is -0.480 e. The van der Waals surface area contributed by atoms with Crippen molar-refractivity contribution in [2.24, 2.45) is 5.92 Å². The molecule has 0 saturated heterocycles. The van der Waals surface area contributed by atoms with E-state index in [9.17, 15) is 9.59 Å². The third-order valence-corrected chi connectivity index (χ3v) is 3.63. The molecule has 1 atom stereocenters. The Hall–Kier alpha value is -1.30. The summed E-state index contributed by atoms with van der Waals surface area (Å²) >= 11 is 0. The van der Waals surface area contributed by atoms with E-state index in [1.165, 1.54) is 0 Å². The van der Waals surface area contributed by atoms with Crippen molar-refractivity contribution in [2.75, 3.05) is 13.7 Å². The van der Waals surface area contributed by atoms with Gasteiger partial charge in [-0.2, -0.15) is 0 Å². The zero-order valence-electron chi connectivity index (χ0n) is 10.9. The van der Waals surface area contributed by atoms with Crippen LogP contribution in [0, 0.1) is 5.92 Å². The van der Waals surface area contributed by atoms with Crippen LogP contribution in [0.25, 0.3) is 0 Å². The van der Waals surface area contributed by atoms with Gasteiger partial charge in [0.2, 0.25) is 0 Å². The number of amides is 2. The van der Waals surface area contributed by atoms with Gasteiger partial charge in [-0.15, -0.1) is 0 Å². The van der Waals surface area contributed by atoms with Crippen molar-refractivity contribution in [1.29, 1.82) is 0 Å². The summed E-state index contributed by atoms with van der Waals surface area (Å²) in [6.07, 6.45) is 4.07. The molecule has 18 heavy (non-hydrogen) atoms. The molecule has 2 amide bonds.